The molecular weight excluding hydrogens is 1300 g/mol. The molecule has 0 spiro atoms. The van der Waals surface area contributed by atoms with E-state index in [2.05, 4.69) is 12.1 Å². The molecule has 0 saturated carbocycles. The van der Waals surface area contributed by atoms with Gasteiger partial charge < -0.3 is 8.83 Å². The summed E-state index contributed by atoms with van der Waals surface area (Å²) < 4.78 is 355. The van der Waals surface area contributed by atoms with Crippen molar-refractivity contribution in [2.75, 3.05) is 0 Å². The molecule has 8 aromatic rings. The van der Waals surface area contributed by atoms with Crippen molar-refractivity contribution in [3.8, 4) is 34.8 Å². The highest BCUT2D eigenvalue weighted by atomic mass is 127. The Morgan fingerprint density at radius 3 is 0.667 bits per heavy atom. The van der Waals surface area contributed by atoms with Gasteiger partial charge in [-0.2, -0.15) is 138 Å². The number of hydrogen-bond acceptors (Lipinski definition) is 4. The summed E-state index contributed by atoms with van der Waals surface area (Å²) in [6.07, 6.45) is -54.8. The lowest BCUT2D eigenvalue weighted by Crippen LogP contribution is -3.61. The minimum absolute atomic E-state index is 0.571. The van der Waals surface area contributed by atoms with E-state index in [-0.39, 0.29) is 0 Å². The Morgan fingerprint density at radius 2 is 0.488 bits per heavy atom. The van der Waals surface area contributed by atoms with E-state index in [1.807, 2.05) is 48.5 Å². The second kappa shape index (κ2) is 22.5. The predicted octanol–water partition coefficient (Wildman–Crippen LogP) is 13.3. The lowest BCUT2D eigenvalue weighted by atomic mass is 9.12. The van der Waals surface area contributed by atoms with Crippen molar-refractivity contribution in [2.45, 2.75) is 49.4 Å². The van der Waals surface area contributed by atoms with Gasteiger partial charge in [0.1, 0.15) is 17.7 Å². The molecule has 84 heavy (non-hydrogen) atoms. The molecular formula is C54H24BF24IN2O2. The molecule has 0 amide bonds. The van der Waals surface area contributed by atoms with Crippen molar-refractivity contribution in [1.29, 1.82) is 10.5 Å². The Labute approximate surface area is 465 Å². The van der Waals surface area contributed by atoms with Crippen molar-refractivity contribution in [2.24, 2.45) is 0 Å². The van der Waals surface area contributed by atoms with Crippen LogP contribution in [0, 0.1) is 30.2 Å². The Hall–Kier alpha value is -8.03. The molecule has 8 rings (SSSR count). The fourth-order valence-corrected chi connectivity index (χ4v) is 10.6. The van der Waals surface area contributed by atoms with Crippen LogP contribution in [0.25, 0.3) is 22.6 Å². The third kappa shape index (κ3) is 14.3. The highest BCUT2D eigenvalue weighted by Crippen LogP contribution is 2.42. The summed E-state index contributed by atoms with van der Waals surface area (Å²) >= 11 is -0.571. The number of alkyl halides is 24. The van der Waals surface area contributed by atoms with Crippen LogP contribution in [-0.4, -0.2) is 6.15 Å². The molecule has 0 aliphatic carbocycles. The van der Waals surface area contributed by atoms with Gasteiger partial charge >= 0.3 is 78.1 Å². The number of halogens is 25. The Bertz CT molecular complexity index is 3260. The van der Waals surface area contributed by atoms with E-state index in [4.69, 9.17) is 19.4 Å². The second-order valence-corrected chi connectivity index (χ2v) is 20.6. The van der Waals surface area contributed by atoms with Gasteiger partial charge in [-0.1, -0.05) is 48.5 Å². The van der Waals surface area contributed by atoms with Gasteiger partial charge in [0.05, 0.1) is 67.8 Å². The molecule has 6 aromatic carbocycles. The number of furan rings is 2. The van der Waals surface area contributed by atoms with E-state index >= 15 is 0 Å². The van der Waals surface area contributed by atoms with Crippen LogP contribution >= 0.6 is 0 Å². The first-order valence-corrected chi connectivity index (χ1v) is 24.9. The van der Waals surface area contributed by atoms with Crippen molar-refractivity contribution >= 4 is 28.0 Å². The fraction of sp³-hybridized carbons (Fsp3) is 0.148. The Balaban J connectivity index is 0.000000309. The number of nitrogens with zero attached hydrogens (tertiary/aromatic N) is 2. The smallest absolute Gasteiger partial charge is 0.418 e. The predicted molar refractivity (Wildman–Crippen MR) is 245 cm³/mol. The molecule has 2 heterocycles. The number of benzene rings is 6. The number of rotatable bonds is 8. The van der Waals surface area contributed by atoms with Crippen LogP contribution in [-0.2, 0) is 49.4 Å². The van der Waals surface area contributed by atoms with E-state index < -0.39 is 216 Å². The zero-order valence-electron chi connectivity index (χ0n) is 40.6. The molecule has 2 aromatic heterocycles. The van der Waals surface area contributed by atoms with Crippen molar-refractivity contribution in [1.82, 2.24) is 0 Å². The summed E-state index contributed by atoms with van der Waals surface area (Å²) in [7, 11) is 0. The fourth-order valence-electron chi connectivity index (χ4n) is 8.62. The summed E-state index contributed by atoms with van der Waals surface area (Å²) in [6.45, 7) is 0. The molecule has 0 unspecified atom stereocenters. The van der Waals surface area contributed by atoms with Gasteiger partial charge in [0, 0.05) is 23.3 Å². The topological polar surface area (TPSA) is 73.9 Å². The van der Waals surface area contributed by atoms with Crippen LogP contribution in [0.3, 0.4) is 0 Å². The molecule has 0 saturated heterocycles. The maximum absolute atomic E-state index is 14.2. The van der Waals surface area contributed by atoms with E-state index in [0.29, 0.717) is 11.1 Å². The molecule has 0 N–H and O–H groups in total. The summed E-state index contributed by atoms with van der Waals surface area (Å²) in [5, 5.41) is 17.8. The molecule has 0 aliphatic heterocycles. The summed E-state index contributed by atoms with van der Waals surface area (Å²) in [5.74, 6) is 1.57. The lowest BCUT2D eigenvalue weighted by molar-refractivity contribution is -0.635. The molecule has 440 valence electrons. The first-order valence-electron chi connectivity index (χ1n) is 22.7. The van der Waals surface area contributed by atoms with Crippen molar-refractivity contribution < 1.29 is 135 Å². The zero-order chi connectivity index (χ0) is 62.6. The van der Waals surface area contributed by atoms with Gasteiger partial charge in [-0.3, -0.25) is 0 Å². The maximum atomic E-state index is 14.2. The van der Waals surface area contributed by atoms with E-state index in [9.17, 15) is 105 Å². The third-order valence-electron chi connectivity index (χ3n) is 12.4. The number of nitriles is 2. The Kier molecular flexibility index (Phi) is 17.0. The zero-order valence-corrected chi connectivity index (χ0v) is 42.8. The second-order valence-electron chi connectivity index (χ2n) is 17.9. The maximum Gasteiger partial charge on any atom is 0.443 e. The lowest BCUT2D eigenvalue weighted by Gasteiger charge is -2.46. The first-order chi connectivity index (χ1) is 38.5. The van der Waals surface area contributed by atoms with Gasteiger partial charge in [0.2, 0.25) is 0 Å². The monoisotopic (exact) mass is 1330 g/mol. The van der Waals surface area contributed by atoms with Crippen molar-refractivity contribution in [3.63, 3.8) is 0 Å². The van der Waals surface area contributed by atoms with Gasteiger partial charge in [-0.15, -0.1) is 0 Å². The molecule has 30 heteroatoms. The summed E-state index contributed by atoms with van der Waals surface area (Å²) in [6, 6.07) is 17.9. The largest absolute Gasteiger partial charge is 0.443 e. The Morgan fingerprint density at radius 1 is 0.286 bits per heavy atom. The third-order valence-corrected chi connectivity index (χ3v) is 14.6. The minimum atomic E-state index is -6.13. The van der Waals surface area contributed by atoms with Gasteiger partial charge in [0.25, 0.3) is 0 Å². The molecule has 0 bridgehead atoms. The normalized spacial score (nSPS) is 13.0. The van der Waals surface area contributed by atoms with Crippen LogP contribution in [0.1, 0.15) is 55.6 Å². The summed E-state index contributed by atoms with van der Waals surface area (Å²) in [4.78, 5) is 0. The average molecular weight is 1330 g/mol. The highest BCUT2D eigenvalue weighted by molar-refractivity contribution is 7.20. The van der Waals surface area contributed by atoms with Crippen LogP contribution in [0.5, 0.6) is 0 Å². The van der Waals surface area contributed by atoms with Gasteiger partial charge in [-0.05, 0) is 84.9 Å². The molecule has 0 atom stereocenters. The van der Waals surface area contributed by atoms with Crippen LogP contribution in [0.2, 0.25) is 0 Å². The van der Waals surface area contributed by atoms with Crippen LogP contribution in [0.15, 0.2) is 154 Å². The van der Waals surface area contributed by atoms with Crippen LogP contribution < -0.4 is 43.1 Å². The molecule has 0 radical (unpaired) electrons. The van der Waals surface area contributed by atoms with E-state index in [0.717, 1.165) is 30.2 Å². The van der Waals surface area contributed by atoms with Crippen LogP contribution in [0.4, 0.5) is 105 Å². The average Bonchev–Trinajstić information content (AvgIpc) is 0.844. The van der Waals surface area contributed by atoms with Gasteiger partial charge in [0.15, 0.2) is 0 Å². The van der Waals surface area contributed by atoms with Gasteiger partial charge in [-0.25, -0.2) is 0 Å². The molecule has 0 fully saturated rings. The molecule has 0 aliphatic rings. The SMILES string of the molecule is FC(F)(F)c1cc([B-](c2cc(C(F)(F)F)cc(C(F)(F)F)c2)(c2cc(C(F)(F)F)cc(C(F)(F)F)c2)c2cc(C(F)(F)F)cc(C(F)(F)F)c2)cc(C(F)(F)F)c1.N#Cc1ccc(-c2ccc([I+]c3ccc(-c4ccc(C#N)cc4)o3)o2)cc1. The highest BCUT2D eigenvalue weighted by Gasteiger charge is 2.47. The summed E-state index contributed by atoms with van der Waals surface area (Å²) in [5.41, 5.74) is -27.1. The van der Waals surface area contributed by atoms with E-state index in [1.54, 1.807) is 24.3 Å². The van der Waals surface area contributed by atoms with E-state index in [1.165, 1.54) is 0 Å². The van der Waals surface area contributed by atoms with Crippen molar-refractivity contribution in [3.05, 3.63) is 209 Å². The quantitative estimate of drug-likeness (QED) is 0.0863. The standard InChI is InChI=1S/C32H12BF24.C22H12IN2O2/c34-25(35,36)13-1-14(26(37,38)39)6-21(5-13)33(22-7-15(27(40,41)42)2-16(8-22)28(43,44)45,23-9-17(29(46,47)48)3-18(10-23)30(49,50)51)24-11-19(31(52,53)54)4-20(12-24)32(55,56)57;24-13-15-1-5-17(6-2-15)19-9-11-21(26-19)23-22-12-10-20(27-22)18-7-3-16(14-25)4-8-18/h1-12H;1-12H/q-1;+1. The minimum Gasteiger partial charge on any atom is -0.418 e. The number of hydrogen-bond donors (Lipinski definition) is 0. The first kappa shape index (κ1) is 63.6. The molecule has 4 nitrogen and oxygen atoms in total.